The van der Waals surface area contributed by atoms with Crippen LogP contribution in [0.1, 0.15) is 0 Å². The number of benzene rings is 7. The summed E-state index contributed by atoms with van der Waals surface area (Å²) in [6, 6.07) is 50.6. The Labute approximate surface area is 241 Å². The molecule has 2 nitrogen and oxygen atoms in total. The van der Waals surface area contributed by atoms with Gasteiger partial charge in [-0.05, 0) is 80.6 Å². The molecule has 2 aromatic heterocycles. The van der Waals surface area contributed by atoms with Crippen molar-refractivity contribution in [2.75, 3.05) is 0 Å². The Morgan fingerprint density at radius 2 is 1.07 bits per heavy atom. The number of para-hydroxylation sites is 1. The fourth-order valence-electron chi connectivity index (χ4n) is 7.43. The van der Waals surface area contributed by atoms with E-state index in [0.717, 1.165) is 27.6 Å². The van der Waals surface area contributed by atoms with Crippen LogP contribution in [0.5, 0.6) is 0 Å². The Morgan fingerprint density at radius 1 is 0.405 bits per heavy atom. The van der Waals surface area contributed by atoms with Gasteiger partial charge in [-0.25, -0.2) is 0 Å². The van der Waals surface area contributed by atoms with Gasteiger partial charge in [0, 0.05) is 27.2 Å². The van der Waals surface area contributed by atoms with Crippen LogP contribution in [0.25, 0.3) is 93.6 Å². The van der Waals surface area contributed by atoms with E-state index in [1.165, 1.54) is 66.0 Å². The highest BCUT2D eigenvalue weighted by Gasteiger charge is 2.24. The van der Waals surface area contributed by atoms with Gasteiger partial charge in [0.2, 0.25) is 0 Å². The zero-order chi connectivity index (χ0) is 27.4. The van der Waals surface area contributed by atoms with Crippen LogP contribution in [0, 0.1) is 0 Å². The summed E-state index contributed by atoms with van der Waals surface area (Å²) in [6.45, 7) is 0. The first-order chi connectivity index (χ1) is 20.8. The number of rotatable bonds is 2. The third-order valence-electron chi connectivity index (χ3n) is 9.12. The number of hydrogen-bond donors (Lipinski definition) is 0. The summed E-state index contributed by atoms with van der Waals surface area (Å²) in [6.07, 6.45) is 0. The Bertz CT molecular complexity index is 2580. The van der Waals surface area contributed by atoms with Gasteiger partial charge >= 0.3 is 0 Å². The zero-order valence-electron chi connectivity index (χ0n) is 22.6. The molecule has 0 amide bonds. The highest BCUT2D eigenvalue weighted by atomic mass is 16.3. The number of fused-ring (bicyclic) bond motifs is 6. The Balaban J connectivity index is 1.32. The van der Waals surface area contributed by atoms with Crippen LogP contribution < -0.4 is 0 Å². The van der Waals surface area contributed by atoms with Crippen molar-refractivity contribution in [3.8, 4) is 39.1 Å². The molecule has 0 bridgehead atoms. The minimum absolute atomic E-state index is 0.917. The maximum absolute atomic E-state index is 6.23. The smallest absolute Gasteiger partial charge is 0.136 e. The number of nitrogens with zero attached hydrogens (tertiary/aromatic N) is 1. The van der Waals surface area contributed by atoms with Crippen molar-refractivity contribution in [3.63, 3.8) is 0 Å². The summed E-state index contributed by atoms with van der Waals surface area (Å²) in [5.41, 5.74) is 13.0. The van der Waals surface area contributed by atoms with Gasteiger partial charge in [-0.1, -0.05) is 103 Å². The third kappa shape index (κ3) is 2.78. The molecule has 0 saturated heterocycles. The van der Waals surface area contributed by atoms with E-state index in [1.54, 1.807) is 0 Å². The second-order valence-corrected chi connectivity index (χ2v) is 11.3. The van der Waals surface area contributed by atoms with Gasteiger partial charge in [-0.2, -0.15) is 0 Å². The standard InChI is InChI=1S/C40H23NO/c1-2-13-29-28(12-1)30-16-6-9-24-21-22-34-40(37(24)30)39-31(29)17-7-18-33(39)41(34)26-11-5-10-25(23-26)27-15-8-20-36-38(27)32-14-3-4-19-35(32)42-36/h1-23H. The van der Waals surface area contributed by atoms with Gasteiger partial charge in [0.15, 0.2) is 0 Å². The molecule has 0 spiro atoms. The molecule has 42 heavy (non-hydrogen) atoms. The molecule has 0 radical (unpaired) electrons. The van der Waals surface area contributed by atoms with Gasteiger partial charge in [0.25, 0.3) is 0 Å². The minimum atomic E-state index is 0.917. The van der Waals surface area contributed by atoms with Gasteiger partial charge in [-0.3, -0.25) is 0 Å². The lowest BCUT2D eigenvalue weighted by Gasteiger charge is -2.14. The summed E-state index contributed by atoms with van der Waals surface area (Å²) in [5, 5.41) is 7.58. The van der Waals surface area contributed by atoms with Crippen LogP contribution >= 0.6 is 0 Å². The molecule has 0 N–H and O–H groups in total. The Kier molecular flexibility index (Phi) is 4.21. The SMILES string of the molecule is c1cc(-c2cccc3oc4ccccc4c23)cc(-n2c3cccc4c3c3c5c(cccc5ccc32)-c2ccccc2-4)c1. The maximum Gasteiger partial charge on any atom is 0.136 e. The molecule has 0 atom stereocenters. The van der Waals surface area contributed by atoms with E-state index in [4.69, 9.17) is 4.42 Å². The highest BCUT2D eigenvalue weighted by Crippen LogP contribution is 2.49. The molecule has 194 valence electrons. The van der Waals surface area contributed by atoms with Crippen LogP contribution in [0.2, 0.25) is 0 Å². The highest BCUT2D eigenvalue weighted by molar-refractivity contribution is 6.30. The summed E-state index contributed by atoms with van der Waals surface area (Å²) in [4.78, 5) is 0. The average Bonchev–Trinajstić information content (AvgIpc) is 3.56. The summed E-state index contributed by atoms with van der Waals surface area (Å²) in [7, 11) is 0. The van der Waals surface area contributed by atoms with Gasteiger partial charge in [-0.15, -0.1) is 0 Å². The zero-order valence-corrected chi connectivity index (χ0v) is 22.6. The summed E-state index contributed by atoms with van der Waals surface area (Å²) < 4.78 is 8.68. The molecule has 1 aliphatic carbocycles. The van der Waals surface area contributed by atoms with Crippen molar-refractivity contribution < 1.29 is 4.42 Å². The molecule has 0 aliphatic heterocycles. The summed E-state index contributed by atoms with van der Waals surface area (Å²) >= 11 is 0. The van der Waals surface area contributed by atoms with Crippen molar-refractivity contribution in [3.05, 3.63) is 140 Å². The predicted octanol–water partition coefficient (Wildman–Crippen LogP) is 11.2. The van der Waals surface area contributed by atoms with Crippen LogP contribution in [0.4, 0.5) is 0 Å². The van der Waals surface area contributed by atoms with E-state index in [2.05, 4.69) is 132 Å². The fourth-order valence-corrected chi connectivity index (χ4v) is 7.43. The van der Waals surface area contributed by atoms with Gasteiger partial charge in [0.05, 0.1) is 11.0 Å². The van der Waals surface area contributed by atoms with Crippen molar-refractivity contribution in [1.29, 1.82) is 0 Å². The van der Waals surface area contributed by atoms with E-state index in [9.17, 15) is 0 Å². The average molecular weight is 534 g/mol. The van der Waals surface area contributed by atoms with E-state index in [-0.39, 0.29) is 0 Å². The maximum atomic E-state index is 6.23. The van der Waals surface area contributed by atoms with E-state index < -0.39 is 0 Å². The lowest BCUT2D eigenvalue weighted by atomic mass is 9.93. The molecule has 10 rings (SSSR count). The lowest BCUT2D eigenvalue weighted by Crippen LogP contribution is -1.95. The fraction of sp³-hybridized carbons (Fsp3) is 0. The monoisotopic (exact) mass is 533 g/mol. The Hall–Kier alpha value is -5.60. The molecule has 7 aromatic carbocycles. The molecular weight excluding hydrogens is 510 g/mol. The van der Waals surface area contributed by atoms with Gasteiger partial charge in [0.1, 0.15) is 11.2 Å². The first-order valence-electron chi connectivity index (χ1n) is 14.4. The Morgan fingerprint density at radius 3 is 1.98 bits per heavy atom. The third-order valence-corrected chi connectivity index (χ3v) is 9.12. The van der Waals surface area contributed by atoms with Crippen LogP contribution in [0.3, 0.4) is 0 Å². The number of hydrogen-bond acceptors (Lipinski definition) is 1. The first kappa shape index (κ1) is 22.1. The predicted molar refractivity (Wildman–Crippen MR) is 175 cm³/mol. The molecular formula is C40H23NO. The molecule has 1 aliphatic rings. The minimum Gasteiger partial charge on any atom is -0.456 e. The van der Waals surface area contributed by atoms with Crippen LogP contribution in [0.15, 0.2) is 144 Å². The van der Waals surface area contributed by atoms with E-state index >= 15 is 0 Å². The largest absolute Gasteiger partial charge is 0.456 e. The van der Waals surface area contributed by atoms with Gasteiger partial charge < -0.3 is 8.98 Å². The van der Waals surface area contributed by atoms with Crippen molar-refractivity contribution in [2.24, 2.45) is 0 Å². The number of furan rings is 1. The van der Waals surface area contributed by atoms with E-state index in [1.807, 2.05) is 12.1 Å². The molecule has 2 heterocycles. The summed E-state index contributed by atoms with van der Waals surface area (Å²) in [5.74, 6) is 0. The van der Waals surface area contributed by atoms with E-state index in [0.29, 0.717) is 0 Å². The first-order valence-corrected chi connectivity index (χ1v) is 14.4. The molecule has 0 unspecified atom stereocenters. The molecule has 0 fully saturated rings. The van der Waals surface area contributed by atoms with Crippen molar-refractivity contribution in [1.82, 2.24) is 4.57 Å². The molecule has 0 saturated carbocycles. The van der Waals surface area contributed by atoms with Crippen molar-refractivity contribution in [2.45, 2.75) is 0 Å². The second-order valence-electron chi connectivity index (χ2n) is 11.3. The topological polar surface area (TPSA) is 18.1 Å². The van der Waals surface area contributed by atoms with Crippen LogP contribution in [-0.2, 0) is 0 Å². The molecule has 9 aromatic rings. The lowest BCUT2D eigenvalue weighted by molar-refractivity contribution is 0.669. The molecule has 2 heteroatoms. The second kappa shape index (κ2) is 7.99. The van der Waals surface area contributed by atoms with Crippen molar-refractivity contribution >= 4 is 54.5 Å². The quantitative estimate of drug-likeness (QED) is 0.216. The number of aromatic nitrogens is 1. The van der Waals surface area contributed by atoms with Crippen LogP contribution in [-0.4, -0.2) is 4.57 Å². The normalized spacial score (nSPS) is 12.3.